The van der Waals surface area contributed by atoms with Crippen LogP contribution in [-0.2, 0) is 4.74 Å². The third-order valence-corrected chi connectivity index (χ3v) is 6.63. The summed E-state index contributed by atoms with van der Waals surface area (Å²) < 4.78 is 26.5. The Kier molecular flexibility index (Phi) is 6.69. The van der Waals surface area contributed by atoms with Gasteiger partial charge in [0.05, 0.1) is 26.0 Å². The maximum absolute atomic E-state index is 13.1. The van der Waals surface area contributed by atoms with Crippen molar-refractivity contribution in [1.82, 2.24) is 9.21 Å². The van der Waals surface area contributed by atoms with Gasteiger partial charge in [0.2, 0.25) is 0 Å². The van der Waals surface area contributed by atoms with Gasteiger partial charge in [-0.05, 0) is 61.3 Å². The highest BCUT2D eigenvalue weighted by Gasteiger charge is 2.23. The first-order chi connectivity index (χ1) is 14.7. The van der Waals surface area contributed by atoms with Crippen LogP contribution in [0.2, 0.25) is 0 Å². The van der Waals surface area contributed by atoms with E-state index in [0.29, 0.717) is 0 Å². The number of piperazine rings is 1. The van der Waals surface area contributed by atoms with Crippen molar-refractivity contribution in [3.63, 3.8) is 0 Å². The van der Waals surface area contributed by atoms with Crippen molar-refractivity contribution in [2.45, 2.75) is 11.3 Å². The Balaban J connectivity index is 1.27. The Morgan fingerprint density at radius 1 is 0.933 bits per heavy atom. The molecule has 0 aromatic heterocycles. The number of hydrogen-bond acceptors (Lipinski definition) is 6. The summed E-state index contributed by atoms with van der Waals surface area (Å²) in [6.45, 7) is 6.03. The highest BCUT2D eigenvalue weighted by molar-refractivity contribution is 7.97. The second kappa shape index (κ2) is 9.62. The van der Waals surface area contributed by atoms with Gasteiger partial charge in [-0.25, -0.2) is 4.39 Å². The monoisotopic (exact) mass is 429 g/mol. The lowest BCUT2D eigenvalue weighted by atomic mass is 10.1. The van der Waals surface area contributed by atoms with Gasteiger partial charge in [-0.15, -0.1) is 0 Å². The van der Waals surface area contributed by atoms with Crippen molar-refractivity contribution in [3.8, 4) is 5.75 Å². The molecule has 0 radical (unpaired) electrons. The summed E-state index contributed by atoms with van der Waals surface area (Å²) in [6, 6.07) is 12.9. The Morgan fingerprint density at radius 2 is 1.70 bits per heavy atom. The Morgan fingerprint density at radius 3 is 2.40 bits per heavy atom. The molecule has 1 fully saturated rings. The van der Waals surface area contributed by atoms with E-state index in [1.807, 2.05) is 24.3 Å². The average molecular weight is 430 g/mol. The van der Waals surface area contributed by atoms with E-state index >= 15 is 0 Å². The lowest BCUT2D eigenvalue weighted by Gasteiger charge is -2.36. The van der Waals surface area contributed by atoms with Gasteiger partial charge in [0, 0.05) is 43.3 Å². The van der Waals surface area contributed by atoms with Crippen LogP contribution in [0.15, 0.2) is 53.6 Å². The first-order valence-electron chi connectivity index (χ1n) is 10.3. The molecule has 30 heavy (non-hydrogen) atoms. The van der Waals surface area contributed by atoms with Gasteiger partial charge in [-0.2, -0.15) is 0 Å². The molecule has 0 N–H and O–H groups in total. The van der Waals surface area contributed by atoms with Gasteiger partial charge in [-0.1, -0.05) is 6.07 Å². The predicted octanol–water partition coefficient (Wildman–Crippen LogP) is 4.31. The smallest absolute Gasteiger partial charge is 0.147 e. The van der Waals surface area contributed by atoms with Gasteiger partial charge in [0.15, 0.2) is 0 Å². The summed E-state index contributed by atoms with van der Waals surface area (Å²) in [4.78, 5) is 5.99. The third kappa shape index (κ3) is 4.68. The lowest BCUT2D eigenvalue weighted by Crippen LogP contribution is -2.46. The molecule has 2 heterocycles. The summed E-state index contributed by atoms with van der Waals surface area (Å²) in [5, 5.41) is 0. The molecule has 0 amide bonds. The first-order valence-corrected chi connectivity index (χ1v) is 11.1. The molecule has 0 saturated carbocycles. The van der Waals surface area contributed by atoms with Crippen molar-refractivity contribution in [1.29, 1.82) is 0 Å². The zero-order valence-electron chi connectivity index (χ0n) is 17.5. The molecule has 5 nitrogen and oxygen atoms in total. The minimum absolute atomic E-state index is 0.181. The average Bonchev–Trinajstić information content (AvgIpc) is 2.79. The van der Waals surface area contributed by atoms with Crippen molar-refractivity contribution in [2.75, 3.05) is 58.4 Å². The molecule has 1 saturated heterocycles. The van der Waals surface area contributed by atoms with E-state index in [2.05, 4.69) is 26.4 Å². The van der Waals surface area contributed by atoms with E-state index in [0.717, 1.165) is 73.3 Å². The van der Waals surface area contributed by atoms with Crippen LogP contribution in [0.5, 0.6) is 5.75 Å². The van der Waals surface area contributed by atoms with E-state index in [9.17, 15) is 4.39 Å². The zero-order chi connectivity index (χ0) is 20.9. The lowest BCUT2D eigenvalue weighted by molar-refractivity contribution is 0.251. The molecular formula is C23H28FN3O2S. The second-order valence-electron chi connectivity index (χ2n) is 7.42. The van der Waals surface area contributed by atoms with Gasteiger partial charge in [0.1, 0.15) is 17.3 Å². The van der Waals surface area contributed by atoms with Gasteiger partial charge < -0.3 is 18.7 Å². The number of rotatable bonds is 7. The standard InChI is InChI=1S/C23H28FN3O2S/c1-28-20-5-3-6-22-23(20)21(29-2)17-27(30-22)12-4-11-25-13-15-26(16-14-25)19-9-7-18(24)8-10-19/h3,5-10,17H,4,11-16H2,1-2H3. The minimum atomic E-state index is -0.181. The molecule has 0 spiro atoms. The number of ether oxygens (including phenoxy) is 2. The van der Waals surface area contributed by atoms with Crippen LogP contribution in [0.25, 0.3) is 5.76 Å². The van der Waals surface area contributed by atoms with Gasteiger partial charge in [0.25, 0.3) is 0 Å². The largest absolute Gasteiger partial charge is 0.496 e. The number of anilines is 1. The predicted molar refractivity (Wildman–Crippen MR) is 120 cm³/mol. The Labute approximate surface area is 182 Å². The molecule has 0 unspecified atom stereocenters. The maximum Gasteiger partial charge on any atom is 0.147 e. The molecule has 7 heteroatoms. The summed E-state index contributed by atoms with van der Waals surface area (Å²) >= 11 is 1.73. The van der Waals surface area contributed by atoms with Crippen molar-refractivity contribution in [2.24, 2.45) is 0 Å². The topological polar surface area (TPSA) is 28.2 Å². The molecule has 2 aromatic carbocycles. The van der Waals surface area contributed by atoms with E-state index in [1.165, 1.54) is 12.1 Å². The van der Waals surface area contributed by atoms with Crippen LogP contribution >= 0.6 is 11.9 Å². The number of benzene rings is 2. The first kappa shape index (κ1) is 20.9. The maximum atomic E-state index is 13.1. The van der Waals surface area contributed by atoms with Crippen LogP contribution in [0.4, 0.5) is 10.1 Å². The number of nitrogens with zero attached hydrogens (tertiary/aromatic N) is 3. The zero-order valence-corrected chi connectivity index (χ0v) is 18.3. The third-order valence-electron chi connectivity index (χ3n) is 5.57. The van der Waals surface area contributed by atoms with E-state index in [4.69, 9.17) is 9.47 Å². The molecule has 2 aliphatic heterocycles. The second-order valence-corrected chi connectivity index (χ2v) is 8.51. The summed E-state index contributed by atoms with van der Waals surface area (Å²) in [5.41, 5.74) is 2.13. The molecule has 0 atom stereocenters. The van der Waals surface area contributed by atoms with Crippen molar-refractivity contribution in [3.05, 3.63) is 60.0 Å². The van der Waals surface area contributed by atoms with Crippen LogP contribution in [0.1, 0.15) is 12.0 Å². The normalized spacial score (nSPS) is 16.8. The fourth-order valence-electron chi connectivity index (χ4n) is 3.94. The van der Waals surface area contributed by atoms with E-state index in [1.54, 1.807) is 26.2 Å². The van der Waals surface area contributed by atoms with E-state index < -0.39 is 0 Å². The van der Waals surface area contributed by atoms with Crippen LogP contribution < -0.4 is 9.64 Å². The highest BCUT2D eigenvalue weighted by Crippen LogP contribution is 2.41. The summed E-state index contributed by atoms with van der Waals surface area (Å²) in [7, 11) is 3.40. The molecule has 0 bridgehead atoms. The van der Waals surface area contributed by atoms with Crippen LogP contribution in [0.3, 0.4) is 0 Å². The Bertz CT molecular complexity index is 883. The Hall–Kier alpha value is -2.38. The molecular weight excluding hydrogens is 401 g/mol. The number of fused-ring (bicyclic) bond motifs is 1. The number of methoxy groups -OCH3 is 2. The quantitative estimate of drug-likeness (QED) is 0.609. The van der Waals surface area contributed by atoms with Crippen LogP contribution in [-0.4, -0.2) is 62.7 Å². The molecule has 4 rings (SSSR count). The van der Waals surface area contributed by atoms with E-state index in [-0.39, 0.29) is 5.82 Å². The van der Waals surface area contributed by atoms with Crippen LogP contribution in [0, 0.1) is 5.82 Å². The molecule has 2 aliphatic rings. The fourth-order valence-corrected chi connectivity index (χ4v) is 5.00. The molecule has 160 valence electrons. The minimum Gasteiger partial charge on any atom is -0.496 e. The molecule has 0 aliphatic carbocycles. The summed E-state index contributed by atoms with van der Waals surface area (Å²) in [5.74, 6) is 1.50. The van der Waals surface area contributed by atoms with Crippen molar-refractivity contribution < 1.29 is 13.9 Å². The number of hydrogen-bond donors (Lipinski definition) is 0. The fraction of sp³-hybridized carbons (Fsp3) is 0.391. The van der Waals surface area contributed by atoms with Gasteiger partial charge >= 0.3 is 0 Å². The molecule has 2 aromatic rings. The highest BCUT2D eigenvalue weighted by atomic mass is 32.2. The van der Waals surface area contributed by atoms with Gasteiger partial charge in [-0.3, -0.25) is 4.90 Å². The summed E-state index contributed by atoms with van der Waals surface area (Å²) in [6.07, 6.45) is 3.15. The number of halogens is 1. The van der Waals surface area contributed by atoms with Crippen molar-refractivity contribution >= 4 is 23.4 Å². The SMILES string of the molecule is COC1=CN(CCCN2CCN(c3ccc(F)cc3)CC2)Sc2cccc(OC)c21.